The number of fused-ring (bicyclic) bond motifs is 1. The number of rotatable bonds is 6. The van der Waals surface area contributed by atoms with E-state index in [2.05, 4.69) is 17.2 Å². The van der Waals surface area contributed by atoms with Gasteiger partial charge < -0.3 is 11.1 Å². The number of thiazole rings is 1. The molecular weight excluding hydrogens is 290 g/mol. The summed E-state index contributed by atoms with van der Waals surface area (Å²) in [6, 6.07) is 5.68. The first kappa shape index (κ1) is 15.1. The highest BCUT2D eigenvalue weighted by Crippen LogP contribution is 2.24. The number of aromatic nitrogens is 1. The summed E-state index contributed by atoms with van der Waals surface area (Å²) in [5, 5.41) is 3.56. The number of nitrogens with zero attached hydrogens (tertiary/aromatic N) is 1. The second kappa shape index (κ2) is 6.95. The van der Waals surface area contributed by atoms with Crippen molar-refractivity contribution in [3.05, 3.63) is 23.8 Å². The molecule has 108 valence electrons. The third kappa shape index (κ3) is 3.86. The molecule has 1 atom stereocenters. The van der Waals surface area contributed by atoms with Gasteiger partial charge in [-0.1, -0.05) is 18.3 Å². The summed E-state index contributed by atoms with van der Waals surface area (Å²) in [6.45, 7) is 4.18. The number of amides is 1. The molecule has 2 aromatic rings. The van der Waals surface area contributed by atoms with Crippen LogP contribution in [0.4, 0.5) is 5.13 Å². The van der Waals surface area contributed by atoms with E-state index in [-0.39, 0.29) is 11.9 Å². The second-order valence-corrected chi connectivity index (χ2v) is 7.05. The van der Waals surface area contributed by atoms with Gasteiger partial charge in [0.05, 0.1) is 10.2 Å². The summed E-state index contributed by atoms with van der Waals surface area (Å²) in [7, 11) is 0. The Kier molecular flexibility index (Phi) is 5.25. The van der Waals surface area contributed by atoms with Crippen LogP contribution < -0.4 is 11.1 Å². The van der Waals surface area contributed by atoms with Crippen molar-refractivity contribution >= 4 is 44.4 Å². The van der Waals surface area contributed by atoms with Crippen molar-refractivity contribution in [3.63, 3.8) is 0 Å². The molecule has 4 nitrogen and oxygen atoms in total. The number of anilines is 1. The van der Waals surface area contributed by atoms with Crippen LogP contribution in [0.3, 0.4) is 0 Å². The maximum Gasteiger partial charge on any atom is 0.251 e. The molecule has 0 aliphatic heterocycles. The molecule has 1 amide bonds. The molecule has 1 aromatic heterocycles. The first-order valence-electron chi connectivity index (χ1n) is 6.65. The third-order valence-electron chi connectivity index (χ3n) is 2.94. The van der Waals surface area contributed by atoms with Crippen molar-refractivity contribution in [2.75, 3.05) is 17.2 Å². The van der Waals surface area contributed by atoms with E-state index in [1.54, 1.807) is 6.07 Å². The number of benzene rings is 1. The molecule has 1 unspecified atom stereocenters. The Balaban J connectivity index is 1.99. The van der Waals surface area contributed by atoms with Crippen molar-refractivity contribution in [1.82, 2.24) is 10.3 Å². The fourth-order valence-electron chi connectivity index (χ4n) is 1.87. The minimum Gasteiger partial charge on any atom is -0.375 e. The van der Waals surface area contributed by atoms with E-state index < -0.39 is 0 Å². The predicted molar refractivity (Wildman–Crippen MR) is 88.6 cm³/mol. The largest absolute Gasteiger partial charge is 0.375 e. The predicted octanol–water partition coefficient (Wildman–Crippen LogP) is 3.14. The summed E-state index contributed by atoms with van der Waals surface area (Å²) >= 11 is 3.29. The number of thioether (sulfide) groups is 1. The normalized spacial score (nSPS) is 12.5. The van der Waals surface area contributed by atoms with Crippen LogP contribution in [-0.2, 0) is 0 Å². The Hall–Kier alpha value is -1.27. The van der Waals surface area contributed by atoms with Crippen molar-refractivity contribution in [2.24, 2.45) is 0 Å². The molecule has 20 heavy (non-hydrogen) atoms. The van der Waals surface area contributed by atoms with Gasteiger partial charge in [-0.3, -0.25) is 4.79 Å². The Morgan fingerprint density at radius 1 is 1.55 bits per heavy atom. The first-order chi connectivity index (χ1) is 9.60. The van der Waals surface area contributed by atoms with Crippen molar-refractivity contribution in [2.45, 2.75) is 26.3 Å². The van der Waals surface area contributed by atoms with Gasteiger partial charge in [-0.25, -0.2) is 4.98 Å². The van der Waals surface area contributed by atoms with Crippen LogP contribution in [0.1, 0.15) is 30.6 Å². The van der Waals surface area contributed by atoms with E-state index >= 15 is 0 Å². The molecule has 0 aliphatic carbocycles. The zero-order chi connectivity index (χ0) is 14.5. The fraction of sp³-hybridized carbons (Fsp3) is 0.429. The lowest BCUT2D eigenvalue weighted by Crippen LogP contribution is -2.32. The summed E-state index contributed by atoms with van der Waals surface area (Å²) in [6.07, 6.45) is 0.986. The monoisotopic (exact) mass is 309 g/mol. The van der Waals surface area contributed by atoms with E-state index in [9.17, 15) is 4.79 Å². The van der Waals surface area contributed by atoms with Crippen LogP contribution in [0.25, 0.3) is 10.2 Å². The Morgan fingerprint density at radius 2 is 2.35 bits per heavy atom. The molecule has 0 aliphatic rings. The van der Waals surface area contributed by atoms with E-state index in [1.807, 2.05) is 30.8 Å². The van der Waals surface area contributed by atoms with Crippen LogP contribution >= 0.6 is 23.1 Å². The highest BCUT2D eigenvalue weighted by molar-refractivity contribution is 7.99. The minimum absolute atomic E-state index is 0.0344. The van der Waals surface area contributed by atoms with E-state index in [4.69, 9.17) is 5.73 Å². The van der Waals surface area contributed by atoms with Gasteiger partial charge in [0.2, 0.25) is 0 Å². The molecule has 0 radical (unpaired) electrons. The van der Waals surface area contributed by atoms with Crippen LogP contribution in [0.15, 0.2) is 18.2 Å². The van der Waals surface area contributed by atoms with E-state index in [0.29, 0.717) is 10.7 Å². The molecule has 0 bridgehead atoms. The smallest absolute Gasteiger partial charge is 0.251 e. The molecule has 6 heteroatoms. The fourth-order valence-corrected chi connectivity index (χ4v) is 3.45. The van der Waals surface area contributed by atoms with Crippen molar-refractivity contribution < 1.29 is 4.79 Å². The molecule has 0 fully saturated rings. The molecule has 0 saturated heterocycles. The number of hydrogen-bond donors (Lipinski definition) is 2. The lowest BCUT2D eigenvalue weighted by molar-refractivity contribution is 0.0939. The van der Waals surface area contributed by atoms with Crippen LogP contribution in [0.2, 0.25) is 0 Å². The van der Waals surface area contributed by atoms with Gasteiger partial charge in [0.1, 0.15) is 0 Å². The topological polar surface area (TPSA) is 68.0 Å². The number of nitrogens with two attached hydrogens (primary N) is 1. The number of hydrogen-bond acceptors (Lipinski definition) is 5. The number of nitrogen functional groups attached to an aromatic ring is 1. The minimum atomic E-state index is -0.0344. The summed E-state index contributed by atoms with van der Waals surface area (Å²) in [5.74, 6) is 2.15. The lowest BCUT2D eigenvalue weighted by atomic mass is 10.2. The highest BCUT2D eigenvalue weighted by Gasteiger charge is 2.11. The first-order valence-corrected chi connectivity index (χ1v) is 8.62. The van der Waals surface area contributed by atoms with Gasteiger partial charge in [-0.2, -0.15) is 11.8 Å². The summed E-state index contributed by atoms with van der Waals surface area (Å²) in [4.78, 5) is 16.4. The van der Waals surface area contributed by atoms with Gasteiger partial charge in [-0.15, -0.1) is 0 Å². The summed E-state index contributed by atoms with van der Waals surface area (Å²) in [5.41, 5.74) is 7.18. The molecule has 0 saturated carbocycles. The Morgan fingerprint density at radius 3 is 3.10 bits per heavy atom. The zero-order valence-corrected chi connectivity index (χ0v) is 13.3. The summed E-state index contributed by atoms with van der Waals surface area (Å²) < 4.78 is 0.948. The van der Waals surface area contributed by atoms with Crippen molar-refractivity contribution in [3.8, 4) is 0 Å². The average molecular weight is 309 g/mol. The molecule has 3 N–H and O–H groups in total. The van der Waals surface area contributed by atoms with Gasteiger partial charge in [0, 0.05) is 11.6 Å². The maximum absolute atomic E-state index is 12.2. The number of carbonyl (C=O) groups excluding carboxylic acids is 1. The Bertz CT molecular complexity index is 597. The van der Waals surface area contributed by atoms with Gasteiger partial charge in [0.15, 0.2) is 5.13 Å². The van der Waals surface area contributed by atoms with Crippen LogP contribution in [0, 0.1) is 0 Å². The standard InChI is InChI=1S/C14H19N3OS2/c1-3-19-7-6-9(2)16-13(18)10-4-5-11-12(8-10)20-14(15)17-11/h4-5,8-9H,3,6-7H2,1-2H3,(H2,15,17)(H,16,18). The second-order valence-electron chi connectivity index (χ2n) is 4.59. The van der Waals surface area contributed by atoms with E-state index in [0.717, 1.165) is 28.1 Å². The number of nitrogens with one attached hydrogen (secondary N) is 1. The van der Waals surface area contributed by atoms with Gasteiger partial charge in [-0.05, 0) is 43.0 Å². The maximum atomic E-state index is 12.2. The molecule has 1 aromatic carbocycles. The molecular formula is C14H19N3OS2. The van der Waals surface area contributed by atoms with Crippen LogP contribution in [-0.4, -0.2) is 28.4 Å². The SMILES string of the molecule is CCSCCC(C)NC(=O)c1ccc2nc(N)sc2c1. The lowest BCUT2D eigenvalue weighted by Gasteiger charge is -2.13. The molecule has 0 spiro atoms. The van der Waals surface area contributed by atoms with E-state index in [1.165, 1.54) is 11.3 Å². The average Bonchev–Trinajstić information content (AvgIpc) is 2.77. The van der Waals surface area contributed by atoms with Gasteiger partial charge in [0.25, 0.3) is 5.91 Å². The van der Waals surface area contributed by atoms with Crippen molar-refractivity contribution in [1.29, 1.82) is 0 Å². The quantitative estimate of drug-likeness (QED) is 0.804. The Labute approximate surface area is 127 Å². The van der Waals surface area contributed by atoms with Crippen LogP contribution in [0.5, 0.6) is 0 Å². The molecule has 2 rings (SSSR count). The number of carbonyl (C=O) groups is 1. The zero-order valence-electron chi connectivity index (χ0n) is 11.7. The van der Waals surface area contributed by atoms with Gasteiger partial charge >= 0.3 is 0 Å². The highest BCUT2D eigenvalue weighted by atomic mass is 32.2. The third-order valence-corrected chi connectivity index (χ3v) is 4.72. The molecule has 1 heterocycles.